The molecule has 14 aromatic rings. The van der Waals surface area contributed by atoms with Crippen LogP contribution < -0.4 is 0 Å². The Hall–Kier alpha value is -9.50. The monoisotopic (exact) mass is 1080 g/mol. The zero-order valence-corrected chi connectivity index (χ0v) is 48.1. The maximum Gasteiger partial charge on any atom is 0.144 e. The van der Waals surface area contributed by atoms with Crippen molar-refractivity contribution in [2.24, 2.45) is 0 Å². The minimum atomic E-state index is 0.834. The second-order valence-corrected chi connectivity index (χ2v) is 22.9. The predicted octanol–water partition coefficient (Wildman–Crippen LogP) is 24.2. The van der Waals surface area contributed by atoms with Gasteiger partial charge in [-0.3, -0.25) is 0 Å². The van der Waals surface area contributed by atoms with Gasteiger partial charge in [0.1, 0.15) is 22.7 Å². The molecule has 12 aromatic carbocycles. The summed E-state index contributed by atoms with van der Waals surface area (Å²) in [5, 5.41) is 9.08. The van der Waals surface area contributed by atoms with Crippen LogP contribution in [0.5, 0.6) is 0 Å². The van der Waals surface area contributed by atoms with Gasteiger partial charge in [0, 0.05) is 43.8 Å². The topological polar surface area (TPSA) is 26.3 Å². The SMILES string of the molecule is CCCCCCc1ccc(-c2c(-c3ccccc3)oc3c2cc(-c2ccc(-c4cccc5ccccc45)cc2)c2c4oc(-c5ccccc5)c(-c5ccc(CCCCCC)cc5)c4cc(-c4ccc(-c5cccc6ccccc56)cc4)c32)cc1. The molecule has 0 bridgehead atoms. The van der Waals surface area contributed by atoms with Crippen LogP contribution in [0.3, 0.4) is 0 Å². The molecular formula is C82H68O2. The smallest absolute Gasteiger partial charge is 0.144 e. The van der Waals surface area contributed by atoms with Crippen LogP contribution in [0.25, 0.3) is 144 Å². The Morgan fingerprint density at radius 3 is 1.00 bits per heavy atom. The van der Waals surface area contributed by atoms with Gasteiger partial charge in [-0.05, 0) is 126 Å². The first-order valence-electron chi connectivity index (χ1n) is 30.6. The lowest BCUT2D eigenvalue weighted by molar-refractivity contribution is 0.633. The number of benzene rings is 12. The van der Waals surface area contributed by atoms with E-state index in [1.54, 1.807) is 0 Å². The first kappa shape index (κ1) is 52.6. The number of hydrogen-bond donors (Lipinski definition) is 0. The van der Waals surface area contributed by atoms with E-state index in [-0.39, 0.29) is 0 Å². The summed E-state index contributed by atoms with van der Waals surface area (Å²) in [6, 6.07) is 94.0. The summed E-state index contributed by atoms with van der Waals surface area (Å²) in [6.07, 6.45) is 12.0. The third kappa shape index (κ3) is 10.0. The quantitative estimate of drug-likeness (QED) is 0.0801. The summed E-state index contributed by atoms with van der Waals surface area (Å²) < 4.78 is 15.3. The van der Waals surface area contributed by atoms with E-state index in [0.717, 1.165) is 113 Å². The van der Waals surface area contributed by atoms with E-state index in [2.05, 4.69) is 269 Å². The average molecular weight is 1090 g/mol. The average Bonchev–Trinajstić information content (AvgIpc) is 1.83. The molecule has 2 heteroatoms. The summed E-state index contributed by atoms with van der Waals surface area (Å²) in [7, 11) is 0. The normalized spacial score (nSPS) is 11.7. The van der Waals surface area contributed by atoms with Crippen LogP contribution in [-0.4, -0.2) is 0 Å². The molecule has 14 rings (SSSR count). The summed E-state index contributed by atoms with van der Waals surface area (Å²) in [5.74, 6) is 1.70. The van der Waals surface area contributed by atoms with Crippen LogP contribution in [-0.2, 0) is 12.8 Å². The first-order chi connectivity index (χ1) is 41.6. The molecule has 0 aliphatic heterocycles. The van der Waals surface area contributed by atoms with Crippen LogP contribution in [0.4, 0.5) is 0 Å². The van der Waals surface area contributed by atoms with Gasteiger partial charge in [0.2, 0.25) is 0 Å². The van der Waals surface area contributed by atoms with E-state index in [1.807, 2.05) is 0 Å². The van der Waals surface area contributed by atoms with E-state index in [1.165, 1.54) is 106 Å². The molecule has 0 atom stereocenters. The Morgan fingerprint density at radius 2 is 0.607 bits per heavy atom. The van der Waals surface area contributed by atoms with E-state index >= 15 is 0 Å². The Morgan fingerprint density at radius 1 is 0.262 bits per heavy atom. The fraction of sp³-hybridized carbons (Fsp3) is 0.146. The zero-order chi connectivity index (χ0) is 56.3. The molecule has 2 aromatic heterocycles. The van der Waals surface area contributed by atoms with Crippen molar-refractivity contribution < 1.29 is 8.83 Å². The molecule has 408 valence electrons. The third-order valence-corrected chi connectivity index (χ3v) is 17.5. The lowest BCUT2D eigenvalue weighted by Crippen LogP contribution is -1.91. The standard InChI is InChI=1S/C82H68O2/c1-3-5-7-11-23-55-37-41-63(42-38-55)75-73-53-71(61-49-45-59(46-50-61)69-35-21-31-57-25-17-19-33-67(57)69)78-77(81(73)83-79(75)65-27-13-9-14-28-65)72(62-51-47-60(48-52-62)70-36-22-32-58-26-18-20-34-68(58)70)54-74-76(80(84-82(74)78)66-29-15-10-16-30-66)64-43-39-56(40-44-64)24-12-8-6-4-2/h9-10,13-22,25-54H,3-8,11-12,23-24H2,1-2H3. The number of rotatable bonds is 18. The van der Waals surface area contributed by atoms with Crippen LogP contribution in [0.15, 0.2) is 264 Å². The van der Waals surface area contributed by atoms with Gasteiger partial charge in [-0.25, -0.2) is 0 Å². The van der Waals surface area contributed by atoms with Crippen molar-refractivity contribution in [2.75, 3.05) is 0 Å². The van der Waals surface area contributed by atoms with Gasteiger partial charge in [-0.1, -0.05) is 295 Å². The largest absolute Gasteiger partial charge is 0.455 e. The van der Waals surface area contributed by atoms with Gasteiger partial charge < -0.3 is 8.83 Å². The second-order valence-electron chi connectivity index (χ2n) is 22.9. The minimum Gasteiger partial charge on any atom is -0.455 e. The van der Waals surface area contributed by atoms with Crippen molar-refractivity contribution in [3.05, 3.63) is 266 Å². The zero-order valence-electron chi connectivity index (χ0n) is 48.1. The highest BCUT2D eigenvalue weighted by molar-refractivity contribution is 6.29. The van der Waals surface area contributed by atoms with Crippen LogP contribution in [0.1, 0.15) is 76.3 Å². The van der Waals surface area contributed by atoms with Crippen molar-refractivity contribution >= 4 is 54.3 Å². The van der Waals surface area contributed by atoms with Crippen molar-refractivity contribution in [2.45, 2.75) is 78.1 Å². The Bertz CT molecular complexity index is 4310. The Kier molecular flexibility index (Phi) is 14.6. The van der Waals surface area contributed by atoms with Crippen molar-refractivity contribution in [1.29, 1.82) is 0 Å². The maximum atomic E-state index is 7.66. The molecule has 2 heterocycles. The molecule has 0 fully saturated rings. The lowest BCUT2D eigenvalue weighted by atomic mass is 9.86. The van der Waals surface area contributed by atoms with E-state index in [4.69, 9.17) is 8.83 Å². The molecule has 84 heavy (non-hydrogen) atoms. The highest BCUT2D eigenvalue weighted by atomic mass is 16.3. The minimum absolute atomic E-state index is 0.834. The molecule has 0 spiro atoms. The highest BCUT2D eigenvalue weighted by Gasteiger charge is 2.29. The van der Waals surface area contributed by atoms with Gasteiger partial charge in [0.05, 0.1) is 0 Å². The molecule has 0 N–H and O–H groups in total. The molecule has 0 saturated carbocycles. The molecule has 0 aliphatic rings. The molecule has 0 amide bonds. The number of aryl methyl sites for hydroxylation is 2. The number of fused-ring (bicyclic) bond motifs is 7. The molecule has 0 radical (unpaired) electrons. The van der Waals surface area contributed by atoms with Gasteiger partial charge in [-0.2, -0.15) is 0 Å². The molecule has 0 aliphatic carbocycles. The second kappa shape index (κ2) is 23.4. The number of hydrogen-bond acceptors (Lipinski definition) is 2. The van der Waals surface area contributed by atoms with Crippen LogP contribution >= 0.6 is 0 Å². The van der Waals surface area contributed by atoms with Crippen molar-refractivity contribution in [3.63, 3.8) is 0 Å². The fourth-order valence-corrected chi connectivity index (χ4v) is 13.1. The van der Waals surface area contributed by atoms with Gasteiger partial charge in [0.15, 0.2) is 0 Å². The van der Waals surface area contributed by atoms with Crippen molar-refractivity contribution in [3.8, 4) is 89.4 Å². The third-order valence-electron chi connectivity index (χ3n) is 17.5. The van der Waals surface area contributed by atoms with Crippen LogP contribution in [0, 0.1) is 0 Å². The summed E-state index contributed by atoms with van der Waals surface area (Å²) in [6.45, 7) is 4.56. The number of furan rings is 2. The van der Waals surface area contributed by atoms with E-state index < -0.39 is 0 Å². The van der Waals surface area contributed by atoms with Crippen LogP contribution in [0.2, 0.25) is 0 Å². The lowest BCUT2D eigenvalue weighted by Gasteiger charge is -2.16. The Labute approximate surface area is 493 Å². The summed E-state index contributed by atoms with van der Waals surface area (Å²) in [4.78, 5) is 0. The van der Waals surface area contributed by atoms with Gasteiger partial charge >= 0.3 is 0 Å². The maximum absolute atomic E-state index is 7.66. The highest BCUT2D eigenvalue weighted by Crippen LogP contribution is 2.54. The summed E-state index contributed by atoms with van der Waals surface area (Å²) >= 11 is 0. The Balaban J connectivity index is 1.08. The molecule has 2 nitrogen and oxygen atoms in total. The van der Waals surface area contributed by atoms with Crippen molar-refractivity contribution in [1.82, 2.24) is 0 Å². The molecule has 0 unspecified atom stereocenters. The van der Waals surface area contributed by atoms with E-state index in [0.29, 0.717) is 0 Å². The molecule has 0 saturated heterocycles. The first-order valence-corrected chi connectivity index (χ1v) is 30.6. The predicted molar refractivity (Wildman–Crippen MR) is 358 cm³/mol. The summed E-state index contributed by atoms with van der Waals surface area (Å²) in [5.41, 5.74) is 20.0. The van der Waals surface area contributed by atoms with E-state index in [9.17, 15) is 0 Å². The van der Waals surface area contributed by atoms with Gasteiger partial charge in [-0.15, -0.1) is 0 Å². The van der Waals surface area contributed by atoms with Gasteiger partial charge in [0.25, 0.3) is 0 Å². The fourth-order valence-electron chi connectivity index (χ4n) is 13.1. The molecular weight excluding hydrogens is 1020 g/mol. The number of unbranched alkanes of at least 4 members (excludes halogenated alkanes) is 6.